The number of esters is 1. The van der Waals surface area contributed by atoms with E-state index in [1.54, 1.807) is 42.9 Å². The normalized spacial score (nSPS) is 18.5. The first-order chi connectivity index (χ1) is 16.9. The van der Waals surface area contributed by atoms with E-state index in [1.807, 2.05) is 12.1 Å². The first kappa shape index (κ1) is 24.8. The van der Waals surface area contributed by atoms with Gasteiger partial charge < -0.3 is 19.4 Å². The summed E-state index contributed by atoms with van der Waals surface area (Å²) in [6.45, 7) is 3.84. The first-order valence-electron chi connectivity index (χ1n) is 11.7. The SMILES string of the molecule is COC(=O)C1CC(NCc2ccc(C)c(F)c2)CCN1CCn1c(=O)cnc2ccc(OC)cc21. The topological polar surface area (TPSA) is 85.7 Å². The van der Waals surface area contributed by atoms with Gasteiger partial charge in [-0.15, -0.1) is 0 Å². The quantitative estimate of drug-likeness (QED) is 0.494. The standard InChI is InChI=1S/C26H31FN4O4/c1-17-4-5-18(12-21(17)27)15-28-19-8-9-30(24(13-19)26(33)35-3)10-11-31-23-14-20(34-2)6-7-22(23)29-16-25(31)32/h4-7,12,14,16,19,24,28H,8-11,13,15H2,1-3H3. The van der Waals surface area contributed by atoms with Crippen molar-refractivity contribution in [3.8, 4) is 5.75 Å². The Kier molecular flexibility index (Phi) is 7.77. The van der Waals surface area contributed by atoms with Crippen LogP contribution in [0.1, 0.15) is 24.0 Å². The molecule has 1 saturated heterocycles. The number of hydrogen-bond donors (Lipinski definition) is 1. The molecule has 8 nitrogen and oxygen atoms in total. The van der Waals surface area contributed by atoms with E-state index in [-0.39, 0.29) is 23.4 Å². The van der Waals surface area contributed by atoms with E-state index < -0.39 is 6.04 Å². The fraction of sp³-hybridized carbons (Fsp3) is 0.423. The minimum absolute atomic E-state index is 0.0912. The third-order valence-electron chi connectivity index (χ3n) is 6.68. The van der Waals surface area contributed by atoms with Crippen molar-refractivity contribution in [2.75, 3.05) is 27.3 Å². The number of ether oxygens (including phenoxy) is 2. The highest BCUT2D eigenvalue weighted by Gasteiger charge is 2.34. The van der Waals surface area contributed by atoms with Crippen LogP contribution >= 0.6 is 0 Å². The number of fused-ring (bicyclic) bond motifs is 1. The van der Waals surface area contributed by atoms with Gasteiger partial charge in [-0.1, -0.05) is 12.1 Å². The summed E-state index contributed by atoms with van der Waals surface area (Å²) >= 11 is 0. The smallest absolute Gasteiger partial charge is 0.323 e. The number of carbonyl (C=O) groups excluding carboxylic acids is 1. The summed E-state index contributed by atoms with van der Waals surface area (Å²) in [6, 6.07) is 10.3. The Morgan fingerprint density at radius 2 is 2.03 bits per heavy atom. The summed E-state index contributed by atoms with van der Waals surface area (Å²) in [5.41, 5.74) is 2.66. The number of halogens is 1. The van der Waals surface area contributed by atoms with E-state index in [9.17, 15) is 14.0 Å². The molecule has 1 aliphatic heterocycles. The average Bonchev–Trinajstić information content (AvgIpc) is 2.88. The molecule has 35 heavy (non-hydrogen) atoms. The first-order valence-corrected chi connectivity index (χ1v) is 11.7. The van der Waals surface area contributed by atoms with Gasteiger partial charge in [0.15, 0.2) is 0 Å². The monoisotopic (exact) mass is 482 g/mol. The second-order valence-electron chi connectivity index (χ2n) is 8.86. The van der Waals surface area contributed by atoms with Crippen LogP contribution in [0.2, 0.25) is 0 Å². The number of aromatic nitrogens is 2. The highest BCUT2D eigenvalue weighted by Crippen LogP contribution is 2.21. The fourth-order valence-electron chi connectivity index (χ4n) is 4.58. The molecule has 2 unspecified atom stereocenters. The van der Waals surface area contributed by atoms with Gasteiger partial charge in [-0.25, -0.2) is 9.37 Å². The third kappa shape index (κ3) is 5.68. The number of nitrogens with one attached hydrogen (secondary N) is 1. The molecule has 0 aliphatic carbocycles. The minimum atomic E-state index is -0.431. The molecule has 9 heteroatoms. The van der Waals surface area contributed by atoms with Crippen molar-refractivity contribution in [1.82, 2.24) is 19.8 Å². The molecule has 1 N–H and O–H groups in total. The summed E-state index contributed by atoms with van der Waals surface area (Å²) in [7, 11) is 2.97. The Balaban J connectivity index is 1.45. The van der Waals surface area contributed by atoms with Gasteiger partial charge in [-0.3, -0.25) is 14.5 Å². The van der Waals surface area contributed by atoms with Gasteiger partial charge in [0.05, 0.1) is 31.4 Å². The number of rotatable bonds is 8. The molecule has 186 valence electrons. The number of aryl methyl sites for hydroxylation is 1. The maximum Gasteiger partial charge on any atom is 0.323 e. The van der Waals surface area contributed by atoms with Crippen LogP contribution < -0.4 is 15.6 Å². The van der Waals surface area contributed by atoms with Gasteiger partial charge in [-0.2, -0.15) is 0 Å². The maximum atomic E-state index is 13.9. The third-order valence-corrected chi connectivity index (χ3v) is 6.68. The number of likely N-dealkylation sites (tertiary alicyclic amines) is 1. The van der Waals surface area contributed by atoms with E-state index in [1.165, 1.54) is 13.3 Å². The molecule has 2 heterocycles. The van der Waals surface area contributed by atoms with Crippen LogP contribution in [0, 0.1) is 12.7 Å². The van der Waals surface area contributed by atoms with Crippen LogP contribution in [0.4, 0.5) is 4.39 Å². The summed E-state index contributed by atoms with van der Waals surface area (Å²) < 4.78 is 25.9. The lowest BCUT2D eigenvalue weighted by Gasteiger charge is -2.38. The molecule has 0 amide bonds. The molecule has 0 radical (unpaired) electrons. The highest BCUT2D eigenvalue weighted by molar-refractivity contribution is 5.76. The molecule has 0 saturated carbocycles. The van der Waals surface area contributed by atoms with Crippen molar-refractivity contribution in [3.05, 3.63) is 69.9 Å². The Morgan fingerprint density at radius 3 is 2.77 bits per heavy atom. The zero-order valence-corrected chi connectivity index (χ0v) is 20.3. The number of piperidine rings is 1. The number of nitrogens with zero attached hydrogens (tertiary/aromatic N) is 3. The van der Waals surface area contributed by atoms with Gasteiger partial charge in [0, 0.05) is 38.3 Å². The van der Waals surface area contributed by atoms with Crippen LogP contribution in [0.25, 0.3) is 11.0 Å². The molecule has 4 rings (SSSR count). The van der Waals surface area contributed by atoms with Crippen molar-refractivity contribution in [1.29, 1.82) is 0 Å². The number of methoxy groups -OCH3 is 2. The summed E-state index contributed by atoms with van der Waals surface area (Å²) in [5.74, 6) is 0.126. The lowest BCUT2D eigenvalue weighted by atomic mass is 9.96. The van der Waals surface area contributed by atoms with Gasteiger partial charge >= 0.3 is 5.97 Å². The van der Waals surface area contributed by atoms with Gasteiger partial charge in [-0.05, 0) is 49.1 Å². The van der Waals surface area contributed by atoms with E-state index in [4.69, 9.17) is 9.47 Å². The highest BCUT2D eigenvalue weighted by atomic mass is 19.1. The Hall–Kier alpha value is -3.30. The van der Waals surface area contributed by atoms with Crippen molar-refractivity contribution in [2.24, 2.45) is 0 Å². The van der Waals surface area contributed by atoms with Crippen molar-refractivity contribution < 1.29 is 18.7 Å². The molecule has 0 spiro atoms. The Bertz CT molecular complexity index is 1260. The molecule has 3 aromatic rings. The van der Waals surface area contributed by atoms with Crippen LogP contribution in [-0.4, -0.2) is 59.8 Å². The fourth-order valence-corrected chi connectivity index (χ4v) is 4.58. The zero-order valence-electron chi connectivity index (χ0n) is 20.3. The maximum absolute atomic E-state index is 13.9. The second-order valence-corrected chi connectivity index (χ2v) is 8.86. The van der Waals surface area contributed by atoms with Crippen molar-refractivity contribution in [3.63, 3.8) is 0 Å². The summed E-state index contributed by atoms with van der Waals surface area (Å²) in [4.78, 5) is 31.5. The van der Waals surface area contributed by atoms with Crippen molar-refractivity contribution >= 4 is 17.0 Å². The van der Waals surface area contributed by atoms with Crippen LogP contribution in [-0.2, 0) is 22.6 Å². The van der Waals surface area contributed by atoms with Gasteiger partial charge in [0.2, 0.25) is 0 Å². The summed E-state index contributed by atoms with van der Waals surface area (Å²) in [5, 5.41) is 3.46. The van der Waals surface area contributed by atoms with Gasteiger partial charge in [0.1, 0.15) is 17.6 Å². The average molecular weight is 483 g/mol. The molecule has 1 aromatic heterocycles. The summed E-state index contributed by atoms with van der Waals surface area (Å²) in [6.07, 6.45) is 2.71. The molecular formula is C26H31FN4O4. The van der Waals surface area contributed by atoms with Crippen molar-refractivity contribution in [2.45, 2.75) is 44.9 Å². The van der Waals surface area contributed by atoms with Crippen LogP contribution in [0.15, 0.2) is 47.4 Å². The Morgan fingerprint density at radius 1 is 1.20 bits per heavy atom. The van der Waals surface area contributed by atoms with E-state index >= 15 is 0 Å². The van der Waals surface area contributed by atoms with E-state index in [2.05, 4.69) is 15.2 Å². The Labute approximate surface area is 203 Å². The molecule has 2 aromatic carbocycles. The lowest BCUT2D eigenvalue weighted by Crippen LogP contribution is -2.53. The van der Waals surface area contributed by atoms with E-state index in [0.717, 1.165) is 12.0 Å². The molecule has 2 atom stereocenters. The van der Waals surface area contributed by atoms with Gasteiger partial charge in [0.25, 0.3) is 5.56 Å². The predicted octanol–water partition coefficient (Wildman–Crippen LogP) is 2.65. The minimum Gasteiger partial charge on any atom is -0.497 e. The number of carbonyl (C=O) groups is 1. The lowest BCUT2D eigenvalue weighted by molar-refractivity contribution is -0.148. The van der Waals surface area contributed by atoms with Crippen LogP contribution in [0.5, 0.6) is 5.75 Å². The molecular weight excluding hydrogens is 451 g/mol. The predicted molar refractivity (Wildman–Crippen MR) is 131 cm³/mol. The number of benzene rings is 2. The molecule has 1 fully saturated rings. The number of hydrogen-bond acceptors (Lipinski definition) is 7. The van der Waals surface area contributed by atoms with E-state index in [0.29, 0.717) is 54.9 Å². The largest absolute Gasteiger partial charge is 0.497 e. The second kappa shape index (κ2) is 11.0. The molecule has 1 aliphatic rings. The van der Waals surface area contributed by atoms with Crippen LogP contribution in [0.3, 0.4) is 0 Å². The molecule has 0 bridgehead atoms. The zero-order chi connectivity index (χ0) is 24.9.